The third kappa shape index (κ3) is 6.43. The molecule has 0 nitrogen and oxygen atoms in total. The Bertz CT molecular complexity index is 316. The topological polar surface area (TPSA) is 0 Å². The predicted molar refractivity (Wildman–Crippen MR) is 106 cm³/mol. The molecule has 1 fully saturated rings. The van der Waals surface area contributed by atoms with Gasteiger partial charge in [-0.25, -0.2) is 0 Å². The quantitative estimate of drug-likeness (QED) is 0.299. The van der Waals surface area contributed by atoms with Crippen LogP contribution in [0.15, 0.2) is 0 Å². The molecular weight excluding hydrogens is 276 g/mol. The fourth-order valence-corrected chi connectivity index (χ4v) is 5.09. The SMILES string of the molecule is CCCCC(C)(CC)C(CC)C(C)CCCCCC1CC1(C)C. The number of rotatable bonds is 13. The maximum atomic E-state index is 2.57. The van der Waals surface area contributed by atoms with Gasteiger partial charge in [-0.05, 0) is 47.8 Å². The second-order valence-electron chi connectivity index (χ2n) is 9.63. The second-order valence-corrected chi connectivity index (χ2v) is 9.63. The maximum absolute atomic E-state index is 2.57. The summed E-state index contributed by atoms with van der Waals surface area (Å²) in [6, 6.07) is 0. The average molecular weight is 323 g/mol. The van der Waals surface area contributed by atoms with Crippen LogP contribution in [0, 0.1) is 28.6 Å². The van der Waals surface area contributed by atoms with E-state index in [1.165, 1.54) is 70.6 Å². The molecule has 0 aromatic carbocycles. The van der Waals surface area contributed by atoms with Crippen LogP contribution in [0.1, 0.15) is 119 Å². The van der Waals surface area contributed by atoms with Crippen molar-refractivity contribution in [3.63, 3.8) is 0 Å². The Hall–Kier alpha value is 0. The van der Waals surface area contributed by atoms with E-state index in [1.807, 2.05) is 0 Å². The summed E-state index contributed by atoms with van der Waals surface area (Å²) >= 11 is 0. The van der Waals surface area contributed by atoms with Crippen LogP contribution in [0.3, 0.4) is 0 Å². The summed E-state index contributed by atoms with van der Waals surface area (Å²) in [4.78, 5) is 0. The number of hydrogen-bond donors (Lipinski definition) is 0. The van der Waals surface area contributed by atoms with Crippen molar-refractivity contribution >= 4 is 0 Å². The average Bonchev–Trinajstić information content (AvgIpc) is 3.12. The van der Waals surface area contributed by atoms with Gasteiger partial charge in [0.25, 0.3) is 0 Å². The summed E-state index contributed by atoms with van der Waals surface area (Å²) in [5.74, 6) is 2.86. The first-order valence-electron chi connectivity index (χ1n) is 10.8. The Morgan fingerprint density at radius 1 is 1.04 bits per heavy atom. The van der Waals surface area contributed by atoms with Crippen LogP contribution in [0.2, 0.25) is 0 Å². The first-order valence-corrected chi connectivity index (χ1v) is 10.8. The minimum absolute atomic E-state index is 0.572. The molecule has 1 saturated carbocycles. The molecule has 138 valence electrons. The minimum atomic E-state index is 0.572. The third-order valence-electron chi connectivity index (χ3n) is 7.36. The van der Waals surface area contributed by atoms with E-state index in [4.69, 9.17) is 0 Å². The molecule has 0 aromatic rings. The molecule has 4 atom stereocenters. The van der Waals surface area contributed by atoms with Gasteiger partial charge in [-0.2, -0.15) is 0 Å². The van der Waals surface area contributed by atoms with Crippen LogP contribution >= 0.6 is 0 Å². The van der Waals surface area contributed by atoms with E-state index in [2.05, 4.69) is 48.5 Å². The monoisotopic (exact) mass is 322 g/mol. The zero-order chi connectivity index (χ0) is 17.5. The minimum Gasteiger partial charge on any atom is -0.0654 e. The van der Waals surface area contributed by atoms with E-state index in [1.54, 1.807) is 0 Å². The molecule has 0 spiro atoms. The largest absolute Gasteiger partial charge is 0.0654 e. The molecule has 0 N–H and O–H groups in total. The van der Waals surface area contributed by atoms with E-state index in [0.29, 0.717) is 10.8 Å². The standard InChI is InChI=1S/C23H46/c1-8-11-17-23(7,10-3)21(9-2)19(4)15-13-12-14-16-20-18-22(20,5)6/h19-21H,8-18H2,1-7H3. The van der Waals surface area contributed by atoms with Crippen LogP contribution in [-0.4, -0.2) is 0 Å². The molecule has 0 bridgehead atoms. The lowest BCUT2D eigenvalue weighted by molar-refractivity contribution is 0.0948. The molecular formula is C23H46. The highest BCUT2D eigenvalue weighted by Gasteiger charge is 2.44. The van der Waals surface area contributed by atoms with Crippen LogP contribution in [0.25, 0.3) is 0 Å². The number of unbranched alkanes of at least 4 members (excludes halogenated alkanes) is 3. The smallest absolute Gasteiger partial charge is 0.0298 e. The molecule has 0 heteroatoms. The zero-order valence-electron chi connectivity index (χ0n) is 17.5. The van der Waals surface area contributed by atoms with Gasteiger partial charge in [-0.3, -0.25) is 0 Å². The lowest BCUT2D eigenvalue weighted by Gasteiger charge is -2.41. The van der Waals surface area contributed by atoms with Gasteiger partial charge in [0.05, 0.1) is 0 Å². The summed E-state index contributed by atoms with van der Waals surface area (Å²) < 4.78 is 0. The fraction of sp³-hybridized carbons (Fsp3) is 1.00. The van der Waals surface area contributed by atoms with Gasteiger partial charge in [0.15, 0.2) is 0 Å². The highest BCUT2D eigenvalue weighted by molar-refractivity contribution is 4.94. The van der Waals surface area contributed by atoms with Crippen molar-refractivity contribution in [2.45, 2.75) is 119 Å². The van der Waals surface area contributed by atoms with Crippen molar-refractivity contribution < 1.29 is 0 Å². The molecule has 4 unspecified atom stereocenters. The van der Waals surface area contributed by atoms with E-state index < -0.39 is 0 Å². The van der Waals surface area contributed by atoms with Crippen molar-refractivity contribution in [1.29, 1.82) is 0 Å². The highest BCUT2D eigenvalue weighted by atomic mass is 14.5. The molecule has 0 heterocycles. The maximum Gasteiger partial charge on any atom is -0.0298 e. The molecule has 1 rings (SSSR count). The molecule has 0 aromatic heterocycles. The van der Waals surface area contributed by atoms with Crippen molar-refractivity contribution in [1.82, 2.24) is 0 Å². The van der Waals surface area contributed by atoms with E-state index in [9.17, 15) is 0 Å². The Balaban J connectivity index is 2.30. The summed E-state index contributed by atoms with van der Waals surface area (Å²) in [6.07, 6.45) is 15.7. The molecule has 23 heavy (non-hydrogen) atoms. The Labute approximate surface area is 148 Å². The third-order valence-corrected chi connectivity index (χ3v) is 7.36. The van der Waals surface area contributed by atoms with Crippen LogP contribution < -0.4 is 0 Å². The lowest BCUT2D eigenvalue weighted by Crippen LogP contribution is -2.31. The van der Waals surface area contributed by atoms with Crippen LogP contribution in [0.4, 0.5) is 0 Å². The van der Waals surface area contributed by atoms with Gasteiger partial charge in [0.1, 0.15) is 0 Å². The Morgan fingerprint density at radius 2 is 1.70 bits per heavy atom. The van der Waals surface area contributed by atoms with E-state index >= 15 is 0 Å². The van der Waals surface area contributed by atoms with E-state index in [0.717, 1.165) is 17.8 Å². The van der Waals surface area contributed by atoms with Crippen molar-refractivity contribution in [3.8, 4) is 0 Å². The summed E-state index contributed by atoms with van der Waals surface area (Å²) in [5.41, 5.74) is 1.25. The van der Waals surface area contributed by atoms with Gasteiger partial charge in [-0.15, -0.1) is 0 Å². The van der Waals surface area contributed by atoms with Crippen molar-refractivity contribution in [2.24, 2.45) is 28.6 Å². The summed E-state index contributed by atoms with van der Waals surface area (Å²) in [5, 5.41) is 0. The zero-order valence-corrected chi connectivity index (χ0v) is 17.5. The summed E-state index contributed by atoms with van der Waals surface area (Å²) in [7, 11) is 0. The van der Waals surface area contributed by atoms with E-state index in [-0.39, 0.29) is 0 Å². The molecule has 0 aliphatic heterocycles. The normalized spacial score (nSPS) is 24.9. The Kier molecular flexibility index (Phi) is 8.67. The first kappa shape index (κ1) is 21.0. The molecule has 0 amide bonds. The molecule has 0 radical (unpaired) electrons. The first-order chi connectivity index (χ1) is 10.8. The van der Waals surface area contributed by atoms with Crippen LogP contribution in [0.5, 0.6) is 0 Å². The van der Waals surface area contributed by atoms with Gasteiger partial charge >= 0.3 is 0 Å². The number of hydrogen-bond acceptors (Lipinski definition) is 0. The summed E-state index contributed by atoms with van der Waals surface area (Å²) in [6.45, 7) is 17.2. The van der Waals surface area contributed by atoms with Gasteiger partial charge in [0, 0.05) is 0 Å². The predicted octanol–water partition coefficient (Wildman–Crippen LogP) is 8.25. The molecule has 1 aliphatic rings. The van der Waals surface area contributed by atoms with Crippen molar-refractivity contribution in [2.75, 3.05) is 0 Å². The highest BCUT2D eigenvalue weighted by Crippen LogP contribution is 2.54. The van der Waals surface area contributed by atoms with Gasteiger partial charge in [0.2, 0.25) is 0 Å². The lowest BCUT2D eigenvalue weighted by atomic mass is 9.65. The molecule has 0 saturated heterocycles. The second kappa shape index (κ2) is 9.47. The van der Waals surface area contributed by atoms with Gasteiger partial charge < -0.3 is 0 Å². The van der Waals surface area contributed by atoms with Gasteiger partial charge in [-0.1, -0.05) is 99.8 Å². The fourth-order valence-electron chi connectivity index (χ4n) is 5.09. The van der Waals surface area contributed by atoms with Crippen LogP contribution in [-0.2, 0) is 0 Å². The Morgan fingerprint density at radius 3 is 2.17 bits per heavy atom. The van der Waals surface area contributed by atoms with Crippen molar-refractivity contribution in [3.05, 3.63) is 0 Å². The molecule has 1 aliphatic carbocycles.